The van der Waals surface area contributed by atoms with Gasteiger partial charge in [-0.3, -0.25) is 9.59 Å². The van der Waals surface area contributed by atoms with Crippen LogP contribution >= 0.6 is 0 Å². The monoisotopic (exact) mass is 350 g/mol. The summed E-state index contributed by atoms with van der Waals surface area (Å²) in [6.07, 6.45) is 1.61. The van der Waals surface area contributed by atoms with Gasteiger partial charge in [-0.05, 0) is 43.3 Å². The van der Waals surface area contributed by atoms with E-state index in [4.69, 9.17) is 0 Å². The van der Waals surface area contributed by atoms with Gasteiger partial charge in [0.25, 0.3) is 0 Å². The molecule has 1 N–H and O–H groups in total. The zero-order valence-electron chi connectivity index (χ0n) is 14.5. The van der Waals surface area contributed by atoms with Crippen molar-refractivity contribution in [3.8, 4) is 0 Å². The van der Waals surface area contributed by atoms with Gasteiger partial charge in [0.15, 0.2) is 5.43 Å². The molecule has 132 valence electrons. The van der Waals surface area contributed by atoms with E-state index in [1.165, 1.54) is 13.2 Å². The molecule has 0 atom stereocenters. The number of amides is 1. The Morgan fingerprint density at radius 1 is 1.08 bits per heavy atom. The number of fused-ring (bicyclic) bond motifs is 1. The van der Waals surface area contributed by atoms with Crippen molar-refractivity contribution in [3.63, 3.8) is 0 Å². The molecule has 0 saturated carbocycles. The fourth-order valence-corrected chi connectivity index (χ4v) is 2.73. The molecule has 3 rings (SSSR count). The van der Waals surface area contributed by atoms with Crippen molar-refractivity contribution < 1.29 is 14.3 Å². The van der Waals surface area contributed by atoms with Crippen LogP contribution in [-0.2, 0) is 16.1 Å². The first-order valence-electron chi connectivity index (χ1n) is 8.06. The van der Waals surface area contributed by atoms with E-state index in [1.807, 2.05) is 25.1 Å². The Balaban J connectivity index is 1.78. The average Bonchev–Trinajstić information content (AvgIpc) is 2.64. The second-order valence-corrected chi connectivity index (χ2v) is 5.95. The zero-order chi connectivity index (χ0) is 18.7. The number of hydrogen-bond donors (Lipinski definition) is 1. The smallest absolute Gasteiger partial charge is 0.337 e. The van der Waals surface area contributed by atoms with Gasteiger partial charge in [0.05, 0.1) is 18.2 Å². The quantitative estimate of drug-likeness (QED) is 0.734. The van der Waals surface area contributed by atoms with Crippen molar-refractivity contribution >= 4 is 28.5 Å². The highest BCUT2D eigenvalue weighted by molar-refractivity contribution is 5.93. The molecule has 0 fully saturated rings. The molecule has 0 aliphatic carbocycles. The van der Waals surface area contributed by atoms with E-state index in [9.17, 15) is 14.4 Å². The Morgan fingerprint density at radius 2 is 1.81 bits per heavy atom. The number of hydrogen-bond acceptors (Lipinski definition) is 4. The lowest BCUT2D eigenvalue weighted by atomic mass is 10.1. The summed E-state index contributed by atoms with van der Waals surface area (Å²) in [6.45, 7) is 1.99. The highest BCUT2D eigenvalue weighted by Gasteiger charge is 2.09. The topological polar surface area (TPSA) is 77.4 Å². The van der Waals surface area contributed by atoms with Crippen molar-refractivity contribution in [2.75, 3.05) is 12.4 Å². The summed E-state index contributed by atoms with van der Waals surface area (Å²) >= 11 is 0. The third-order valence-electron chi connectivity index (χ3n) is 4.04. The number of carbonyl (C=O) groups is 2. The van der Waals surface area contributed by atoms with Crippen LogP contribution in [0.25, 0.3) is 10.9 Å². The first-order chi connectivity index (χ1) is 12.5. The lowest BCUT2D eigenvalue weighted by Crippen LogP contribution is -2.20. The van der Waals surface area contributed by atoms with Crippen LogP contribution < -0.4 is 10.7 Å². The number of methoxy groups -OCH3 is 1. The number of nitrogens with one attached hydrogen (secondary N) is 1. The Kier molecular flexibility index (Phi) is 4.84. The Hall–Kier alpha value is -3.41. The Bertz CT molecular complexity index is 1040. The molecule has 26 heavy (non-hydrogen) atoms. The fraction of sp³-hybridized carbons (Fsp3) is 0.150. The van der Waals surface area contributed by atoms with Crippen molar-refractivity contribution in [2.24, 2.45) is 0 Å². The molecule has 0 saturated heterocycles. The van der Waals surface area contributed by atoms with Gasteiger partial charge in [-0.25, -0.2) is 4.79 Å². The van der Waals surface area contributed by atoms with Crippen LogP contribution in [0.15, 0.2) is 59.5 Å². The van der Waals surface area contributed by atoms with E-state index in [0.717, 1.165) is 5.56 Å². The normalized spacial score (nSPS) is 10.5. The van der Waals surface area contributed by atoms with Gasteiger partial charge < -0.3 is 14.6 Å². The van der Waals surface area contributed by atoms with Crippen LogP contribution in [0, 0.1) is 6.92 Å². The van der Waals surface area contributed by atoms with Crippen LogP contribution in [-0.4, -0.2) is 23.6 Å². The van der Waals surface area contributed by atoms with Gasteiger partial charge in [-0.15, -0.1) is 0 Å². The maximum Gasteiger partial charge on any atom is 0.337 e. The molecule has 1 heterocycles. The number of nitrogens with zero attached hydrogens (tertiary/aromatic N) is 1. The number of pyridine rings is 1. The van der Waals surface area contributed by atoms with Gasteiger partial charge in [0.1, 0.15) is 6.54 Å². The number of benzene rings is 2. The number of anilines is 1. The molecule has 6 nitrogen and oxygen atoms in total. The van der Waals surface area contributed by atoms with E-state index in [0.29, 0.717) is 22.2 Å². The van der Waals surface area contributed by atoms with E-state index < -0.39 is 5.97 Å². The van der Waals surface area contributed by atoms with Crippen molar-refractivity contribution in [1.82, 2.24) is 4.57 Å². The van der Waals surface area contributed by atoms with Crippen LogP contribution in [0.1, 0.15) is 15.9 Å². The third kappa shape index (κ3) is 3.64. The minimum Gasteiger partial charge on any atom is -0.465 e. The molecule has 3 aromatic rings. The summed E-state index contributed by atoms with van der Waals surface area (Å²) < 4.78 is 6.37. The minimum absolute atomic E-state index is 0.0680. The van der Waals surface area contributed by atoms with Gasteiger partial charge in [0, 0.05) is 23.3 Å². The SMILES string of the molecule is COC(=O)c1ccc(NC(=O)Cn2ccc(=O)c3cc(C)ccc32)cc1. The number of aromatic nitrogens is 1. The van der Waals surface area contributed by atoms with Crippen molar-refractivity contribution in [3.05, 3.63) is 76.1 Å². The van der Waals surface area contributed by atoms with Gasteiger partial charge in [0.2, 0.25) is 5.91 Å². The second-order valence-electron chi connectivity index (χ2n) is 5.95. The number of rotatable bonds is 4. The summed E-state index contributed by atoms with van der Waals surface area (Å²) in [4.78, 5) is 35.8. The maximum atomic E-state index is 12.4. The molecule has 2 aromatic carbocycles. The van der Waals surface area contributed by atoms with Crippen LogP contribution in [0.4, 0.5) is 5.69 Å². The third-order valence-corrected chi connectivity index (χ3v) is 4.04. The molecule has 0 radical (unpaired) electrons. The van der Waals surface area contributed by atoms with E-state index in [2.05, 4.69) is 10.1 Å². The molecule has 0 aliphatic rings. The molecule has 0 unspecified atom stereocenters. The van der Waals surface area contributed by atoms with Gasteiger partial charge >= 0.3 is 5.97 Å². The van der Waals surface area contributed by atoms with Crippen LogP contribution in [0.3, 0.4) is 0 Å². The average molecular weight is 350 g/mol. The van der Waals surface area contributed by atoms with Crippen molar-refractivity contribution in [2.45, 2.75) is 13.5 Å². The summed E-state index contributed by atoms with van der Waals surface area (Å²) in [6, 6.07) is 13.5. The summed E-state index contributed by atoms with van der Waals surface area (Å²) in [5.74, 6) is -0.667. The largest absolute Gasteiger partial charge is 0.465 e. The minimum atomic E-state index is -0.433. The van der Waals surface area contributed by atoms with Crippen LogP contribution in [0.2, 0.25) is 0 Å². The predicted octanol–water partition coefficient (Wildman–Crippen LogP) is 2.74. The lowest BCUT2D eigenvalue weighted by molar-refractivity contribution is -0.116. The Morgan fingerprint density at radius 3 is 2.50 bits per heavy atom. The van der Waals surface area contributed by atoms with Crippen LogP contribution in [0.5, 0.6) is 0 Å². The highest BCUT2D eigenvalue weighted by Crippen LogP contribution is 2.14. The molecule has 1 amide bonds. The molecular formula is C20H18N2O4. The van der Waals surface area contributed by atoms with Gasteiger partial charge in [-0.2, -0.15) is 0 Å². The Labute approximate surface area is 150 Å². The number of esters is 1. The van der Waals surface area contributed by atoms with Gasteiger partial charge in [-0.1, -0.05) is 11.6 Å². The molecule has 6 heteroatoms. The summed E-state index contributed by atoms with van der Waals surface area (Å²) in [7, 11) is 1.31. The van der Waals surface area contributed by atoms with Crippen molar-refractivity contribution in [1.29, 1.82) is 0 Å². The molecule has 1 aromatic heterocycles. The number of aryl methyl sites for hydroxylation is 1. The van der Waals surface area contributed by atoms with E-state index in [1.54, 1.807) is 35.0 Å². The maximum absolute atomic E-state index is 12.4. The predicted molar refractivity (Wildman–Crippen MR) is 99.4 cm³/mol. The summed E-state index contributed by atoms with van der Waals surface area (Å²) in [5.41, 5.74) is 2.61. The molecular weight excluding hydrogens is 332 g/mol. The number of carbonyl (C=O) groups excluding carboxylic acids is 2. The molecule has 0 bridgehead atoms. The first kappa shape index (κ1) is 17.4. The molecule has 0 aliphatic heterocycles. The lowest BCUT2D eigenvalue weighted by Gasteiger charge is -2.12. The standard InChI is InChI=1S/C20H18N2O4/c1-13-3-8-17-16(11-13)18(23)9-10-22(17)12-19(24)21-15-6-4-14(5-7-15)20(25)26-2/h3-11H,12H2,1-2H3,(H,21,24). The fourth-order valence-electron chi connectivity index (χ4n) is 2.73. The van der Waals surface area contributed by atoms with E-state index in [-0.39, 0.29) is 17.9 Å². The number of ether oxygens (including phenoxy) is 1. The zero-order valence-corrected chi connectivity index (χ0v) is 14.5. The summed E-state index contributed by atoms with van der Waals surface area (Å²) in [5, 5.41) is 3.36. The molecule has 0 spiro atoms. The van der Waals surface area contributed by atoms with E-state index >= 15 is 0 Å². The first-order valence-corrected chi connectivity index (χ1v) is 8.06. The second kappa shape index (κ2) is 7.23. The highest BCUT2D eigenvalue weighted by atomic mass is 16.5.